The maximum atomic E-state index is 12.7. The number of piperidine rings is 1. The van der Waals surface area contributed by atoms with Crippen LogP contribution in [0.5, 0.6) is 5.75 Å². The third-order valence-electron chi connectivity index (χ3n) is 4.35. The predicted octanol–water partition coefficient (Wildman–Crippen LogP) is 3.23. The number of aromatic hydroxyl groups is 1. The molecule has 3 nitrogen and oxygen atoms in total. The highest BCUT2D eigenvalue weighted by Gasteiger charge is 2.42. The summed E-state index contributed by atoms with van der Waals surface area (Å²) in [6.07, 6.45) is 4.35. The maximum Gasteiger partial charge on any atom is 0.254 e. The van der Waals surface area contributed by atoms with Crippen molar-refractivity contribution in [3.05, 3.63) is 29.3 Å². The van der Waals surface area contributed by atoms with Crippen molar-refractivity contribution < 1.29 is 9.90 Å². The van der Waals surface area contributed by atoms with Crippen molar-refractivity contribution in [2.24, 2.45) is 0 Å². The van der Waals surface area contributed by atoms with Gasteiger partial charge >= 0.3 is 0 Å². The topological polar surface area (TPSA) is 40.5 Å². The number of carbonyl (C=O) groups is 1. The number of phenols is 1. The Morgan fingerprint density at radius 3 is 2.53 bits per heavy atom. The SMILES string of the molecule is Cc1cc(O)ccc1C(=O)N1C2CCC1CC(Br)C2. The monoisotopic (exact) mass is 323 g/mol. The number of amides is 1. The molecule has 4 heteroatoms. The number of alkyl halides is 1. The van der Waals surface area contributed by atoms with E-state index in [9.17, 15) is 9.90 Å². The Hall–Kier alpha value is -1.03. The molecule has 102 valence electrons. The fourth-order valence-electron chi connectivity index (χ4n) is 3.47. The normalized spacial score (nSPS) is 29.6. The summed E-state index contributed by atoms with van der Waals surface area (Å²) in [6, 6.07) is 5.76. The molecule has 19 heavy (non-hydrogen) atoms. The summed E-state index contributed by atoms with van der Waals surface area (Å²) < 4.78 is 0. The third kappa shape index (κ3) is 2.27. The molecule has 0 spiro atoms. The molecule has 2 bridgehead atoms. The van der Waals surface area contributed by atoms with E-state index >= 15 is 0 Å². The molecule has 2 fully saturated rings. The highest BCUT2D eigenvalue weighted by atomic mass is 79.9. The second-order valence-electron chi connectivity index (χ2n) is 5.67. The van der Waals surface area contributed by atoms with Crippen molar-refractivity contribution in [2.75, 3.05) is 0 Å². The molecule has 0 aliphatic carbocycles. The number of hydrogen-bond acceptors (Lipinski definition) is 2. The Kier molecular flexibility index (Phi) is 3.29. The lowest BCUT2D eigenvalue weighted by molar-refractivity contribution is 0.0603. The lowest BCUT2D eigenvalue weighted by Crippen LogP contribution is -2.47. The summed E-state index contributed by atoms with van der Waals surface area (Å²) in [5.41, 5.74) is 1.58. The quantitative estimate of drug-likeness (QED) is 0.806. The van der Waals surface area contributed by atoms with E-state index in [0.29, 0.717) is 16.9 Å². The number of rotatable bonds is 1. The molecule has 0 aromatic heterocycles. The molecule has 1 aromatic rings. The minimum atomic E-state index is 0.129. The number of aryl methyl sites for hydroxylation is 1. The summed E-state index contributed by atoms with van der Waals surface area (Å²) in [6.45, 7) is 1.88. The first-order chi connectivity index (χ1) is 9.06. The minimum Gasteiger partial charge on any atom is -0.508 e. The number of fused-ring (bicyclic) bond motifs is 2. The molecule has 3 rings (SSSR count). The number of phenolic OH excluding ortho intramolecular Hbond substituents is 1. The van der Waals surface area contributed by atoms with Crippen molar-refractivity contribution in [3.8, 4) is 5.75 Å². The molecular weight excluding hydrogens is 306 g/mol. The second-order valence-corrected chi connectivity index (χ2v) is 6.96. The van der Waals surface area contributed by atoms with Gasteiger partial charge in [-0.3, -0.25) is 4.79 Å². The molecule has 2 atom stereocenters. The molecule has 2 aliphatic heterocycles. The van der Waals surface area contributed by atoms with Gasteiger partial charge in [0.2, 0.25) is 0 Å². The van der Waals surface area contributed by atoms with E-state index < -0.39 is 0 Å². The van der Waals surface area contributed by atoms with Gasteiger partial charge in [-0.15, -0.1) is 0 Å². The molecule has 1 aromatic carbocycles. The number of benzene rings is 1. The van der Waals surface area contributed by atoms with Crippen LogP contribution in [0.1, 0.15) is 41.6 Å². The number of halogens is 1. The van der Waals surface area contributed by atoms with Crippen molar-refractivity contribution in [3.63, 3.8) is 0 Å². The van der Waals surface area contributed by atoms with Gasteiger partial charge in [-0.25, -0.2) is 0 Å². The molecule has 0 saturated carbocycles. The van der Waals surface area contributed by atoms with Crippen LogP contribution >= 0.6 is 15.9 Å². The summed E-state index contributed by atoms with van der Waals surface area (Å²) >= 11 is 3.69. The van der Waals surface area contributed by atoms with Crippen LogP contribution in [0.3, 0.4) is 0 Å². The van der Waals surface area contributed by atoms with E-state index in [1.165, 1.54) is 0 Å². The standard InChI is InChI=1S/C15H18BrNO2/c1-9-6-13(18)4-5-14(9)15(19)17-11-2-3-12(17)8-10(16)7-11/h4-6,10-12,18H,2-3,7-8H2,1H3. The summed E-state index contributed by atoms with van der Waals surface area (Å²) in [7, 11) is 0. The molecule has 1 amide bonds. The summed E-state index contributed by atoms with van der Waals surface area (Å²) in [4.78, 5) is 15.4. The first-order valence-corrected chi connectivity index (χ1v) is 7.74. The zero-order valence-electron chi connectivity index (χ0n) is 11.0. The van der Waals surface area contributed by atoms with Gasteiger partial charge in [0.1, 0.15) is 5.75 Å². The van der Waals surface area contributed by atoms with Crippen LogP contribution in [-0.4, -0.2) is 32.8 Å². The van der Waals surface area contributed by atoms with Gasteiger partial charge in [-0.1, -0.05) is 15.9 Å². The van der Waals surface area contributed by atoms with Crippen molar-refractivity contribution in [2.45, 2.75) is 49.5 Å². The van der Waals surface area contributed by atoms with Gasteiger partial charge in [0.25, 0.3) is 5.91 Å². The van der Waals surface area contributed by atoms with Crippen LogP contribution < -0.4 is 0 Å². The van der Waals surface area contributed by atoms with Gasteiger partial charge in [0, 0.05) is 22.5 Å². The molecule has 2 heterocycles. The third-order valence-corrected chi connectivity index (χ3v) is 5.10. The van der Waals surface area contributed by atoms with Crippen LogP contribution in [0, 0.1) is 6.92 Å². The molecule has 0 radical (unpaired) electrons. The van der Waals surface area contributed by atoms with E-state index in [-0.39, 0.29) is 11.7 Å². The lowest BCUT2D eigenvalue weighted by Gasteiger charge is -2.37. The van der Waals surface area contributed by atoms with Crippen LogP contribution in [-0.2, 0) is 0 Å². The van der Waals surface area contributed by atoms with E-state index in [2.05, 4.69) is 20.8 Å². The van der Waals surface area contributed by atoms with Gasteiger partial charge < -0.3 is 10.0 Å². The number of hydrogen-bond donors (Lipinski definition) is 1. The molecule has 2 saturated heterocycles. The average molecular weight is 324 g/mol. The molecule has 1 N–H and O–H groups in total. The van der Waals surface area contributed by atoms with Crippen LogP contribution in [0.25, 0.3) is 0 Å². The van der Waals surface area contributed by atoms with Gasteiger partial charge in [-0.2, -0.15) is 0 Å². The van der Waals surface area contributed by atoms with Crippen LogP contribution in [0.2, 0.25) is 0 Å². The first-order valence-electron chi connectivity index (χ1n) is 6.82. The summed E-state index contributed by atoms with van der Waals surface area (Å²) in [5, 5.41) is 9.45. The fourth-order valence-corrected chi connectivity index (χ4v) is 4.33. The molecule has 2 unspecified atom stereocenters. The Morgan fingerprint density at radius 2 is 1.95 bits per heavy atom. The highest BCUT2D eigenvalue weighted by molar-refractivity contribution is 9.09. The van der Waals surface area contributed by atoms with Crippen molar-refractivity contribution >= 4 is 21.8 Å². The Labute approximate surface area is 121 Å². The fraction of sp³-hybridized carbons (Fsp3) is 0.533. The van der Waals surface area contributed by atoms with Crippen molar-refractivity contribution in [1.82, 2.24) is 4.90 Å². The molecule has 2 aliphatic rings. The Bertz CT molecular complexity index is 503. The van der Waals surface area contributed by atoms with E-state index in [1.807, 2.05) is 6.92 Å². The smallest absolute Gasteiger partial charge is 0.254 e. The lowest BCUT2D eigenvalue weighted by atomic mass is 9.99. The van der Waals surface area contributed by atoms with E-state index in [0.717, 1.165) is 36.8 Å². The van der Waals surface area contributed by atoms with Gasteiger partial charge in [0.15, 0.2) is 0 Å². The highest BCUT2D eigenvalue weighted by Crippen LogP contribution is 2.39. The predicted molar refractivity (Wildman–Crippen MR) is 77.8 cm³/mol. The Morgan fingerprint density at radius 1 is 1.32 bits per heavy atom. The maximum absolute atomic E-state index is 12.7. The van der Waals surface area contributed by atoms with E-state index in [1.54, 1.807) is 18.2 Å². The molecular formula is C15H18BrNO2. The number of nitrogens with zero attached hydrogens (tertiary/aromatic N) is 1. The zero-order chi connectivity index (χ0) is 13.6. The van der Waals surface area contributed by atoms with E-state index in [4.69, 9.17) is 0 Å². The van der Waals surface area contributed by atoms with Crippen LogP contribution in [0.15, 0.2) is 18.2 Å². The average Bonchev–Trinajstić information content (AvgIpc) is 2.61. The summed E-state index contributed by atoms with van der Waals surface area (Å²) in [5.74, 6) is 0.348. The zero-order valence-corrected chi connectivity index (χ0v) is 12.6. The van der Waals surface area contributed by atoms with Crippen LogP contribution in [0.4, 0.5) is 0 Å². The first kappa shape index (κ1) is 13.0. The number of carbonyl (C=O) groups excluding carboxylic acids is 1. The minimum absolute atomic E-state index is 0.129. The van der Waals surface area contributed by atoms with Gasteiger partial charge in [-0.05, 0) is 56.4 Å². The second kappa shape index (κ2) is 4.82. The Balaban J connectivity index is 1.88. The van der Waals surface area contributed by atoms with Gasteiger partial charge in [0.05, 0.1) is 0 Å². The van der Waals surface area contributed by atoms with Crippen molar-refractivity contribution in [1.29, 1.82) is 0 Å². The largest absolute Gasteiger partial charge is 0.508 e.